The largest absolute Gasteiger partial charge is 0.481 e. The Hall–Kier alpha value is -2.82. The Morgan fingerprint density at radius 1 is 1.09 bits per heavy atom. The maximum absolute atomic E-state index is 11.1. The molecule has 10 nitrogen and oxygen atoms in total. The summed E-state index contributed by atoms with van der Waals surface area (Å²) in [5.74, 6) is -0.777. The van der Waals surface area contributed by atoms with Gasteiger partial charge in [0.25, 0.3) is 0 Å². The molecule has 0 radical (unpaired) electrons. The van der Waals surface area contributed by atoms with Crippen LogP contribution in [0.4, 0.5) is 4.79 Å². The third-order valence-electron chi connectivity index (χ3n) is 4.82. The number of carbonyl (C=O) groups excluding carboxylic acids is 3. The summed E-state index contributed by atoms with van der Waals surface area (Å²) >= 11 is 1.87. The highest BCUT2D eigenvalue weighted by Gasteiger charge is 2.42. The number of urea groups is 1. The van der Waals surface area contributed by atoms with E-state index < -0.39 is 11.9 Å². The van der Waals surface area contributed by atoms with Gasteiger partial charge in [-0.25, -0.2) is 4.79 Å². The molecule has 2 aliphatic heterocycles. The van der Waals surface area contributed by atoms with Crippen LogP contribution < -0.4 is 16.0 Å². The molecule has 178 valence electrons. The monoisotopic (exact) mass is 469 g/mol. The van der Waals surface area contributed by atoms with Gasteiger partial charge in [-0.15, -0.1) is 0 Å². The van der Waals surface area contributed by atoms with Gasteiger partial charge in [-0.3, -0.25) is 19.2 Å². The number of fused-ring (bicyclic) bond motifs is 1. The first kappa shape index (κ1) is 27.2. The molecule has 0 bridgehead atoms. The zero-order valence-corrected chi connectivity index (χ0v) is 18.9. The molecule has 3 rings (SSSR count). The van der Waals surface area contributed by atoms with Gasteiger partial charge >= 0.3 is 18.0 Å². The average Bonchev–Trinajstić information content (AvgIpc) is 3.40. The van der Waals surface area contributed by atoms with Crippen LogP contribution in [0.5, 0.6) is 0 Å². The van der Waals surface area contributed by atoms with Crippen molar-refractivity contribution in [2.24, 2.45) is 0 Å². The van der Waals surface area contributed by atoms with Crippen LogP contribution in [-0.4, -0.2) is 70.0 Å². The van der Waals surface area contributed by atoms with Gasteiger partial charge in [0.2, 0.25) is 5.91 Å². The van der Waals surface area contributed by atoms with Crippen molar-refractivity contribution in [3.8, 4) is 0 Å². The highest BCUT2D eigenvalue weighted by atomic mass is 32.2. The first-order valence-corrected chi connectivity index (χ1v) is 11.4. The first-order valence-electron chi connectivity index (χ1n) is 10.3. The van der Waals surface area contributed by atoms with Crippen molar-refractivity contribution in [2.45, 2.75) is 62.3 Å². The van der Waals surface area contributed by atoms with E-state index in [-0.39, 0.29) is 49.1 Å². The van der Waals surface area contributed by atoms with Crippen molar-refractivity contribution < 1.29 is 34.2 Å². The van der Waals surface area contributed by atoms with Crippen LogP contribution in [0.3, 0.4) is 0 Å². The number of nitrogens with one attached hydrogen (secondary N) is 3. The average molecular weight is 470 g/mol. The quantitative estimate of drug-likeness (QED) is 0.264. The second-order valence-corrected chi connectivity index (χ2v) is 8.74. The molecule has 1 aliphatic carbocycles. The first-order chi connectivity index (χ1) is 15.1. The molecule has 0 aromatic rings. The number of carbonyl (C=O) groups is 5. The molecule has 0 saturated carbocycles. The molecule has 5 N–H and O–H groups in total. The summed E-state index contributed by atoms with van der Waals surface area (Å²) in [6.45, 7) is 3.60. The number of hydrogen-bond donors (Lipinski definition) is 5. The Kier molecular flexibility index (Phi) is 12.1. The van der Waals surface area contributed by atoms with Gasteiger partial charge in [-0.1, -0.05) is 19.1 Å². The molecule has 0 spiro atoms. The maximum Gasteiger partial charge on any atom is 0.315 e. The Balaban J connectivity index is 0.000000270. The van der Waals surface area contributed by atoms with Crippen molar-refractivity contribution in [1.82, 2.24) is 16.0 Å². The summed E-state index contributed by atoms with van der Waals surface area (Å²) < 4.78 is 0. The fourth-order valence-electron chi connectivity index (χ4n) is 3.16. The van der Waals surface area contributed by atoms with E-state index in [1.165, 1.54) is 7.05 Å². The van der Waals surface area contributed by atoms with Crippen LogP contribution in [0, 0.1) is 0 Å². The van der Waals surface area contributed by atoms with Gasteiger partial charge in [0.1, 0.15) is 0 Å². The number of carboxylic acids is 2. The van der Waals surface area contributed by atoms with Gasteiger partial charge in [0.15, 0.2) is 5.78 Å². The summed E-state index contributed by atoms with van der Waals surface area (Å²) in [6.07, 6.45) is 6.68. The number of carboxylic acid groups (broad SMARTS) is 2. The van der Waals surface area contributed by atoms with E-state index in [1.807, 2.05) is 11.8 Å². The molecular formula is C21H31N3O7S. The second-order valence-electron chi connectivity index (χ2n) is 7.46. The predicted octanol–water partition coefficient (Wildman–Crippen LogP) is 1.47. The van der Waals surface area contributed by atoms with Crippen molar-refractivity contribution in [3.63, 3.8) is 0 Å². The summed E-state index contributed by atoms with van der Waals surface area (Å²) in [4.78, 5) is 51.9. The summed E-state index contributed by atoms with van der Waals surface area (Å²) in [5.41, 5.74) is 0.921. The molecule has 0 aromatic heterocycles. The van der Waals surface area contributed by atoms with Crippen molar-refractivity contribution in [2.75, 3.05) is 12.8 Å². The lowest BCUT2D eigenvalue weighted by Gasteiger charge is -2.16. The maximum atomic E-state index is 11.1. The molecule has 0 unspecified atom stereocenters. The SMILES string of the molecule is C=C1C=CC(=O)C1.CNC(=O)CCC(=O)O.O=C(O)CCCC[C@@H]1SC[C@@H]2NC(=O)N[C@@H]21. The lowest BCUT2D eigenvalue weighted by molar-refractivity contribution is -0.139. The number of aliphatic carboxylic acids is 2. The number of amides is 3. The van der Waals surface area contributed by atoms with Gasteiger partial charge < -0.3 is 26.2 Å². The number of rotatable bonds is 8. The number of ketones is 1. The van der Waals surface area contributed by atoms with E-state index in [2.05, 4.69) is 22.5 Å². The van der Waals surface area contributed by atoms with Gasteiger partial charge in [0.05, 0.1) is 18.5 Å². The molecule has 3 amide bonds. The van der Waals surface area contributed by atoms with Crippen LogP contribution in [0.2, 0.25) is 0 Å². The minimum absolute atomic E-state index is 0.0613. The molecule has 2 heterocycles. The van der Waals surface area contributed by atoms with Crippen LogP contribution in [0.15, 0.2) is 24.3 Å². The van der Waals surface area contributed by atoms with Crippen LogP contribution in [-0.2, 0) is 19.2 Å². The van der Waals surface area contributed by atoms with Crippen molar-refractivity contribution in [3.05, 3.63) is 24.3 Å². The van der Waals surface area contributed by atoms with Crippen molar-refractivity contribution in [1.29, 1.82) is 0 Å². The summed E-state index contributed by atoms with van der Waals surface area (Å²) in [7, 11) is 1.48. The molecule has 2 saturated heterocycles. The summed E-state index contributed by atoms with van der Waals surface area (Å²) in [6, 6.07) is 0.440. The van der Waals surface area contributed by atoms with E-state index in [0.29, 0.717) is 11.7 Å². The third kappa shape index (κ3) is 11.0. The number of allylic oxidation sites excluding steroid dienone is 3. The Morgan fingerprint density at radius 2 is 1.78 bits per heavy atom. The normalized spacial score (nSPS) is 22.5. The second kappa shape index (κ2) is 14.3. The fraction of sp³-hybridized carbons (Fsp3) is 0.571. The zero-order chi connectivity index (χ0) is 24.1. The molecule has 32 heavy (non-hydrogen) atoms. The smallest absolute Gasteiger partial charge is 0.315 e. The lowest BCUT2D eigenvalue weighted by Crippen LogP contribution is -2.36. The Morgan fingerprint density at radius 3 is 2.28 bits per heavy atom. The van der Waals surface area contributed by atoms with Crippen LogP contribution in [0.25, 0.3) is 0 Å². The minimum atomic E-state index is -0.946. The van der Waals surface area contributed by atoms with E-state index in [4.69, 9.17) is 10.2 Å². The topological polar surface area (TPSA) is 162 Å². The highest BCUT2D eigenvalue weighted by Crippen LogP contribution is 2.33. The highest BCUT2D eigenvalue weighted by molar-refractivity contribution is 8.00. The fourth-order valence-corrected chi connectivity index (χ4v) is 4.71. The van der Waals surface area contributed by atoms with Gasteiger partial charge in [0, 0.05) is 37.3 Å². The molecule has 11 heteroatoms. The predicted molar refractivity (Wildman–Crippen MR) is 120 cm³/mol. The summed E-state index contributed by atoms with van der Waals surface area (Å²) in [5, 5.41) is 25.2. The van der Waals surface area contributed by atoms with Crippen LogP contribution in [0.1, 0.15) is 44.9 Å². The van der Waals surface area contributed by atoms with Gasteiger partial charge in [-0.2, -0.15) is 11.8 Å². The standard InChI is InChI=1S/C10H16N2O3S.C6H6O.C5H9NO3/c13-8(14)4-2-1-3-7-9-6(5-16-7)11-10(15)12-9;1-5-2-3-6(7)4-5;1-6-4(7)2-3-5(8)9/h6-7,9H,1-5H2,(H,13,14)(H2,11,12,15);2-3H,1,4H2;2-3H2,1H3,(H,6,7)(H,8,9)/t6-,7-,9-;;/m0../s1. The number of unbranched alkanes of at least 4 members (excludes halogenated alkanes) is 1. The van der Waals surface area contributed by atoms with E-state index >= 15 is 0 Å². The Labute approximate surface area is 191 Å². The van der Waals surface area contributed by atoms with Crippen LogP contribution >= 0.6 is 11.8 Å². The molecule has 3 aliphatic rings. The van der Waals surface area contributed by atoms with Crippen molar-refractivity contribution >= 4 is 41.4 Å². The number of thioether (sulfide) groups is 1. The molecule has 2 fully saturated rings. The molecule has 3 atom stereocenters. The third-order valence-corrected chi connectivity index (χ3v) is 6.33. The van der Waals surface area contributed by atoms with E-state index in [1.54, 1.807) is 12.2 Å². The molecule has 0 aromatic carbocycles. The lowest BCUT2D eigenvalue weighted by atomic mass is 10.0. The minimum Gasteiger partial charge on any atom is -0.481 e. The number of hydrogen-bond acceptors (Lipinski definition) is 6. The Bertz CT molecular complexity index is 738. The van der Waals surface area contributed by atoms with E-state index in [0.717, 1.165) is 30.6 Å². The zero-order valence-electron chi connectivity index (χ0n) is 18.1. The van der Waals surface area contributed by atoms with Gasteiger partial charge in [-0.05, 0) is 24.5 Å². The van der Waals surface area contributed by atoms with E-state index in [9.17, 15) is 24.0 Å². The molecular weight excluding hydrogens is 438 g/mol.